The molecule has 0 saturated heterocycles. The zero-order valence-electron chi connectivity index (χ0n) is 19.5. The number of aromatic amines is 1. The van der Waals surface area contributed by atoms with Crippen molar-refractivity contribution in [3.8, 4) is 0 Å². The molecule has 34 heavy (non-hydrogen) atoms. The van der Waals surface area contributed by atoms with Crippen LogP contribution in [0, 0.1) is 0 Å². The number of carboxylic acid groups (broad SMARTS) is 1. The number of nitrogens with zero attached hydrogens (tertiary/aromatic N) is 2. The predicted octanol–water partition coefficient (Wildman–Crippen LogP) is 5.56. The number of para-hydroxylation sites is 2. The van der Waals surface area contributed by atoms with Gasteiger partial charge in [0.2, 0.25) is 0 Å². The van der Waals surface area contributed by atoms with E-state index in [4.69, 9.17) is 9.47 Å². The van der Waals surface area contributed by atoms with Crippen LogP contribution >= 0.6 is 0 Å². The molecule has 0 radical (unpaired) electrons. The van der Waals surface area contributed by atoms with Crippen molar-refractivity contribution in [2.75, 3.05) is 0 Å². The highest BCUT2D eigenvalue weighted by Gasteiger charge is 2.45. The summed E-state index contributed by atoms with van der Waals surface area (Å²) in [6.07, 6.45) is -0.945. The van der Waals surface area contributed by atoms with Crippen LogP contribution < -0.4 is 0 Å². The Balaban J connectivity index is 1.78. The number of nitrogens with one attached hydrogen (secondary N) is 1. The Bertz CT molecular complexity index is 1410. The lowest BCUT2D eigenvalue weighted by atomic mass is 9.91. The molecule has 3 heterocycles. The zero-order valence-corrected chi connectivity index (χ0v) is 19.5. The van der Waals surface area contributed by atoms with Gasteiger partial charge < -0.3 is 24.1 Å². The summed E-state index contributed by atoms with van der Waals surface area (Å²) in [4.78, 5) is 30.2. The molecule has 1 aliphatic heterocycles. The lowest BCUT2D eigenvalue weighted by Gasteiger charge is -2.41. The van der Waals surface area contributed by atoms with Gasteiger partial charge in [-0.1, -0.05) is 36.4 Å². The molecule has 8 heteroatoms. The summed E-state index contributed by atoms with van der Waals surface area (Å²) in [5.41, 5.74) is 3.76. The van der Waals surface area contributed by atoms with E-state index >= 15 is 0 Å². The first kappa shape index (κ1) is 21.9. The maximum Gasteiger partial charge on any atom is 0.507 e. The fourth-order valence-corrected chi connectivity index (χ4v) is 4.90. The molecule has 2 N–H and O–H groups in total. The van der Waals surface area contributed by atoms with E-state index in [2.05, 4.69) is 4.98 Å². The van der Waals surface area contributed by atoms with Gasteiger partial charge in [0.25, 0.3) is 0 Å². The Morgan fingerprint density at radius 2 is 1.74 bits per heavy atom. The van der Waals surface area contributed by atoms with Gasteiger partial charge in [0, 0.05) is 52.7 Å². The highest BCUT2D eigenvalue weighted by molar-refractivity contribution is 5.89. The molecule has 0 unspecified atom stereocenters. The maximum atomic E-state index is 13.6. The Labute approximate surface area is 196 Å². The summed E-state index contributed by atoms with van der Waals surface area (Å²) < 4.78 is 13.1. The molecule has 8 nitrogen and oxygen atoms in total. The summed E-state index contributed by atoms with van der Waals surface area (Å²) in [6.45, 7) is 5.34. The van der Waals surface area contributed by atoms with Crippen LogP contribution in [0.15, 0.2) is 54.7 Å². The molecule has 0 aliphatic carbocycles. The largest absolute Gasteiger partial charge is 0.507 e. The minimum atomic E-state index is -1.45. The van der Waals surface area contributed by atoms with Crippen LogP contribution in [0.5, 0.6) is 0 Å². The Morgan fingerprint density at radius 3 is 2.44 bits per heavy atom. The molecular weight excluding hydrogens is 434 g/mol. The van der Waals surface area contributed by atoms with E-state index in [1.165, 1.54) is 4.90 Å². The SMILES string of the molecule is Cn1cc([C@H]2c3[nH]c4ccccc4c3C[C@@H](OC(=O)O)N2C(=O)OC(C)(C)C)c2ccccc21. The zero-order chi connectivity index (χ0) is 24.2. The van der Waals surface area contributed by atoms with Gasteiger partial charge in [-0.05, 0) is 38.5 Å². The van der Waals surface area contributed by atoms with Crippen molar-refractivity contribution in [3.05, 3.63) is 71.5 Å². The van der Waals surface area contributed by atoms with Gasteiger partial charge in [-0.15, -0.1) is 0 Å². The van der Waals surface area contributed by atoms with Crippen LogP contribution in [-0.2, 0) is 22.9 Å². The Morgan fingerprint density at radius 1 is 1.06 bits per heavy atom. The highest BCUT2D eigenvalue weighted by Crippen LogP contribution is 2.44. The Kier molecular flexibility index (Phi) is 5.04. The molecule has 5 rings (SSSR count). The minimum absolute atomic E-state index is 0.214. The normalized spacial score (nSPS) is 18.2. The number of amides is 1. The molecule has 2 aromatic heterocycles. The molecule has 1 aliphatic rings. The van der Waals surface area contributed by atoms with Crippen molar-refractivity contribution in [1.29, 1.82) is 0 Å². The number of hydrogen-bond acceptors (Lipinski definition) is 4. The monoisotopic (exact) mass is 461 g/mol. The van der Waals surface area contributed by atoms with Crippen LogP contribution in [0.2, 0.25) is 0 Å². The second kappa shape index (κ2) is 7.83. The molecule has 176 valence electrons. The topological polar surface area (TPSA) is 96.8 Å². The third-order valence-corrected chi connectivity index (χ3v) is 6.15. The van der Waals surface area contributed by atoms with Crippen molar-refractivity contribution in [2.45, 2.75) is 45.1 Å². The van der Waals surface area contributed by atoms with E-state index in [0.29, 0.717) is 0 Å². The van der Waals surface area contributed by atoms with Gasteiger partial charge in [-0.3, -0.25) is 4.90 Å². The number of hydrogen-bond donors (Lipinski definition) is 2. The van der Waals surface area contributed by atoms with Crippen LogP contribution in [0.3, 0.4) is 0 Å². The number of carbonyl (C=O) groups excluding carboxylic acids is 1. The van der Waals surface area contributed by atoms with E-state index in [-0.39, 0.29) is 6.42 Å². The van der Waals surface area contributed by atoms with Crippen LogP contribution in [-0.4, -0.2) is 43.6 Å². The average Bonchev–Trinajstić information content (AvgIpc) is 3.29. The summed E-state index contributed by atoms with van der Waals surface area (Å²) >= 11 is 0. The standard InChI is InChI=1S/C26H27N3O5/c1-26(2,3)34-24(30)29-21(33-25(31)32)13-17-15-9-5-7-11-19(15)27-22(17)23(29)18-14-28(4)20-12-8-6-10-16(18)20/h5-12,14,21,23,27H,13H2,1-4H3,(H,31,32)/t21-,23+/m1/s1. The van der Waals surface area contributed by atoms with E-state index < -0.39 is 30.1 Å². The molecule has 2 atom stereocenters. The van der Waals surface area contributed by atoms with E-state index in [1.54, 1.807) is 20.8 Å². The van der Waals surface area contributed by atoms with Crippen molar-refractivity contribution >= 4 is 34.1 Å². The molecule has 2 aromatic carbocycles. The van der Waals surface area contributed by atoms with Crippen molar-refractivity contribution in [3.63, 3.8) is 0 Å². The number of H-pyrrole nitrogens is 1. The Hall–Kier alpha value is -3.94. The number of fused-ring (bicyclic) bond motifs is 4. The van der Waals surface area contributed by atoms with Gasteiger partial charge in [-0.25, -0.2) is 9.59 Å². The van der Waals surface area contributed by atoms with Crippen molar-refractivity contribution < 1.29 is 24.2 Å². The van der Waals surface area contributed by atoms with E-state index in [0.717, 1.165) is 38.6 Å². The summed E-state index contributed by atoms with van der Waals surface area (Å²) in [6, 6.07) is 15.1. The second-order valence-electron chi connectivity index (χ2n) is 9.61. The summed E-state index contributed by atoms with van der Waals surface area (Å²) in [5, 5.41) is 11.5. The molecule has 4 aromatic rings. The lowest BCUT2D eigenvalue weighted by Crippen LogP contribution is -2.51. The van der Waals surface area contributed by atoms with Gasteiger partial charge in [0.1, 0.15) is 11.6 Å². The first-order valence-corrected chi connectivity index (χ1v) is 11.2. The number of aromatic nitrogens is 2. The predicted molar refractivity (Wildman–Crippen MR) is 128 cm³/mol. The highest BCUT2D eigenvalue weighted by atomic mass is 16.7. The van der Waals surface area contributed by atoms with Crippen LogP contribution in [0.1, 0.15) is 43.6 Å². The minimum Gasteiger partial charge on any atom is -0.450 e. The number of aryl methyl sites for hydroxylation is 1. The average molecular weight is 462 g/mol. The van der Waals surface area contributed by atoms with Gasteiger partial charge in [0.05, 0.1) is 0 Å². The fourth-order valence-electron chi connectivity index (χ4n) is 4.90. The first-order valence-electron chi connectivity index (χ1n) is 11.2. The smallest absolute Gasteiger partial charge is 0.450 e. The second-order valence-corrected chi connectivity index (χ2v) is 9.61. The molecule has 0 bridgehead atoms. The molecule has 0 spiro atoms. The lowest BCUT2D eigenvalue weighted by molar-refractivity contribution is -0.0646. The van der Waals surface area contributed by atoms with E-state index in [9.17, 15) is 14.7 Å². The van der Waals surface area contributed by atoms with Crippen molar-refractivity contribution in [2.24, 2.45) is 7.05 Å². The third kappa shape index (κ3) is 3.65. The first-order chi connectivity index (χ1) is 16.1. The van der Waals surface area contributed by atoms with Crippen LogP contribution in [0.4, 0.5) is 9.59 Å². The van der Waals surface area contributed by atoms with E-state index in [1.807, 2.05) is 66.3 Å². The molecule has 0 fully saturated rings. The summed E-state index contributed by atoms with van der Waals surface area (Å²) in [7, 11) is 1.95. The molecule has 1 amide bonds. The summed E-state index contributed by atoms with van der Waals surface area (Å²) in [5.74, 6) is 0. The molecule has 0 saturated carbocycles. The van der Waals surface area contributed by atoms with Gasteiger partial charge in [0.15, 0.2) is 6.23 Å². The van der Waals surface area contributed by atoms with Gasteiger partial charge in [-0.2, -0.15) is 0 Å². The fraction of sp³-hybridized carbons (Fsp3) is 0.308. The number of carbonyl (C=O) groups is 2. The quantitative estimate of drug-likeness (QED) is 0.381. The van der Waals surface area contributed by atoms with Crippen molar-refractivity contribution in [1.82, 2.24) is 14.5 Å². The number of benzene rings is 2. The van der Waals surface area contributed by atoms with Gasteiger partial charge >= 0.3 is 12.2 Å². The number of rotatable bonds is 2. The maximum absolute atomic E-state index is 13.6. The number of ether oxygens (including phenoxy) is 2. The van der Waals surface area contributed by atoms with Crippen LogP contribution in [0.25, 0.3) is 21.8 Å². The molecular formula is C26H27N3O5. The third-order valence-electron chi connectivity index (χ3n) is 6.15.